The van der Waals surface area contributed by atoms with E-state index in [1.807, 2.05) is 0 Å². The van der Waals surface area contributed by atoms with Crippen LogP contribution >= 0.6 is 0 Å². The zero-order chi connectivity index (χ0) is 26.0. The zero-order valence-electron chi connectivity index (χ0n) is 19.2. The molecule has 6 heteroatoms. The van der Waals surface area contributed by atoms with Gasteiger partial charge in [0.15, 0.2) is 17.5 Å². The fourth-order valence-corrected chi connectivity index (χ4v) is 4.84. The van der Waals surface area contributed by atoms with Gasteiger partial charge in [0.05, 0.1) is 0 Å². The van der Waals surface area contributed by atoms with E-state index in [1.165, 1.54) is 0 Å². The molecule has 4 aromatic carbocycles. The highest BCUT2D eigenvalue weighted by Gasteiger charge is 2.39. The van der Waals surface area contributed by atoms with Crippen molar-refractivity contribution in [2.24, 2.45) is 0 Å². The first-order valence-electron chi connectivity index (χ1n) is 11.2. The Morgan fingerprint density at radius 3 is 0.917 bits per heavy atom. The summed E-state index contributed by atoms with van der Waals surface area (Å²) in [5.74, 6) is -9.95. The second kappa shape index (κ2) is 9.82. The van der Waals surface area contributed by atoms with Crippen LogP contribution in [0.3, 0.4) is 0 Å². The molecule has 0 spiro atoms. The second-order valence-corrected chi connectivity index (χ2v) is 8.46. The summed E-state index contributed by atoms with van der Waals surface area (Å²) in [6.07, 6.45) is 1.89. The molecule has 0 unspecified atom stereocenters. The van der Waals surface area contributed by atoms with E-state index < -0.39 is 40.7 Å². The van der Waals surface area contributed by atoms with Gasteiger partial charge in [0, 0.05) is 0 Å². The normalized spacial score (nSPS) is 11.2. The van der Waals surface area contributed by atoms with Gasteiger partial charge < -0.3 is 0 Å². The Labute approximate surface area is 206 Å². The lowest BCUT2D eigenvalue weighted by atomic mass is 9.13. The number of benzene rings is 4. The van der Waals surface area contributed by atoms with Crippen molar-refractivity contribution in [2.75, 3.05) is 0 Å². The van der Waals surface area contributed by atoms with E-state index in [1.54, 1.807) is 91.0 Å². The summed E-state index contributed by atoms with van der Waals surface area (Å²) < 4.78 is 74.7. The highest BCUT2D eigenvalue weighted by molar-refractivity contribution is 7.20. The van der Waals surface area contributed by atoms with Crippen molar-refractivity contribution in [2.45, 2.75) is 0 Å². The van der Waals surface area contributed by atoms with Crippen LogP contribution in [0.2, 0.25) is 0 Å². The molecule has 0 aliphatic heterocycles. The second-order valence-electron chi connectivity index (χ2n) is 8.46. The minimum absolute atomic E-state index is 0.363. The maximum atomic E-state index is 15.6. The molecule has 0 heterocycles. The first kappa shape index (κ1) is 24.9. The summed E-state index contributed by atoms with van der Waals surface area (Å²) >= 11 is 0. The maximum Gasteiger partial charge on any atom is 0.200 e. The molecule has 0 bridgehead atoms. The molecular formula is C30H21BF5-. The molecule has 0 saturated heterocycles. The summed E-state index contributed by atoms with van der Waals surface area (Å²) in [6, 6.07) is 19.8. The predicted octanol–water partition coefficient (Wildman–Crippen LogP) is 5.69. The van der Waals surface area contributed by atoms with Gasteiger partial charge in [-0.3, -0.25) is 0 Å². The molecule has 180 valence electrons. The highest BCUT2D eigenvalue weighted by atomic mass is 19.2. The molecule has 0 fully saturated rings. The molecule has 36 heavy (non-hydrogen) atoms. The monoisotopic (exact) mass is 487 g/mol. The van der Waals surface area contributed by atoms with E-state index in [2.05, 4.69) is 19.7 Å². The van der Waals surface area contributed by atoms with Crippen molar-refractivity contribution in [1.29, 1.82) is 0 Å². The van der Waals surface area contributed by atoms with Gasteiger partial charge in [-0.15, -0.1) is 5.46 Å². The van der Waals surface area contributed by atoms with E-state index in [9.17, 15) is 13.2 Å². The maximum absolute atomic E-state index is 15.6. The lowest BCUT2D eigenvalue weighted by Gasteiger charge is -2.44. The third kappa shape index (κ3) is 3.89. The van der Waals surface area contributed by atoms with E-state index in [0.29, 0.717) is 16.4 Å². The van der Waals surface area contributed by atoms with Gasteiger partial charge in [-0.2, -0.15) is 16.4 Å². The Kier molecular flexibility index (Phi) is 6.80. The average Bonchev–Trinajstić information content (AvgIpc) is 2.93. The minimum atomic E-state index is -2.88. The van der Waals surface area contributed by atoms with Crippen LogP contribution in [0.15, 0.2) is 92.5 Å². The predicted molar refractivity (Wildman–Crippen MR) is 140 cm³/mol. The molecular weight excluding hydrogens is 466 g/mol. The van der Waals surface area contributed by atoms with Gasteiger partial charge in [0.2, 0.25) is 0 Å². The lowest BCUT2D eigenvalue weighted by Crippen LogP contribution is -2.76. The van der Waals surface area contributed by atoms with Crippen LogP contribution in [0, 0.1) is 29.1 Å². The van der Waals surface area contributed by atoms with Crippen LogP contribution in [0.1, 0.15) is 16.7 Å². The number of hydrogen-bond donors (Lipinski definition) is 0. The van der Waals surface area contributed by atoms with Gasteiger partial charge in [-0.25, -0.2) is 22.0 Å². The number of rotatable bonds is 7. The SMILES string of the molecule is C=Cc1ccc([B-](c2ccc(C=C)cc2)(c2ccc(C=C)cc2)c2c(F)c(F)c(F)c(F)c2F)cc1. The molecule has 0 aliphatic rings. The summed E-state index contributed by atoms with van der Waals surface area (Å²) in [6.45, 7) is 11.2. The first-order chi connectivity index (χ1) is 17.3. The summed E-state index contributed by atoms with van der Waals surface area (Å²) in [5.41, 5.74) is 2.36. The number of halogens is 5. The van der Waals surface area contributed by atoms with Crippen LogP contribution in [-0.4, -0.2) is 6.15 Å². The Morgan fingerprint density at radius 1 is 0.417 bits per heavy atom. The Balaban J connectivity index is 2.25. The Morgan fingerprint density at radius 2 is 0.667 bits per heavy atom. The molecule has 0 N–H and O–H groups in total. The molecule has 0 saturated carbocycles. The zero-order valence-corrected chi connectivity index (χ0v) is 19.2. The van der Waals surface area contributed by atoms with Gasteiger partial charge in [-0.1, -0.05) is 111 Å². The van der Waals surface area contributed by atoms with Crippen LogP contribution in [0.25, 0.3) is 18.2 Å². The van der Waals surface area contributed by atoms with E-state index >= 15 is 8.78 Å². The molecule has 4 rings (SSSR count). The molecule has 4 aromatic rings. The molecule has 0 amide bonds. The standard InChI is InChI=1S/C30H21BF5/c1-4-19-7-13-22(14-8-19)31(23-15-9-20(5-2)10-16-23,24-17-11-21(6-3)12-18-24)25-26(32)28(34)30(36)29(35)27(25)33/h4-18H,1-3H2/q-1. The van der Waals surface area contributed by atoms with Crippen molar-refractivity contribution < 1.29 is 22.0 Å². The van der Waals surface area contributed by atoms with Crippen molar-refractivity contribution >= 4 is 46.2 Å². The van der Waals surface area contributed by atoms with Crippen molar-refractivity contribution in [3.8, 4) is 0 Å². The highest BCUT2D eigenvalue weighted by Crippen LogP contribution is 2.22. The van der Waals surface area contributed by atoms with Crippen LogP contribution in [-0.2, 0) is 0 Å². The Hall–Kier alpha value is -4.19. The van der Waals surface area contributed by atoms with Crippen molar-refractivity contribution in [3.05, 3.63) is 138 Å². The first-order valence-corrected chi connectivity index (χ1v) is 11.2. The lowest BCUT2D eigenvalue weighted by molar-refractivity contribution is 0.384. The third-order valence-corrected chi connectivity index (χ3v) is 6.69. The molecule has 0 aromatic heterocycles. The summed E-state index contributed by atoms with van der Waals surface area (Å²) in [7, 11) is 0. The fraction of sp³-hybridized carbons (Fsp3) is 0. The van der Waals surface area contributed by atoms with Crippen LogP contribution in [0.4, 0.5) is 22.0 Å². The van der Waals surface area contributed by atoms with Gasteiger partial charge in [0.25, 0.3) is 0 Å². The Bertz CT molecular complexity index is 1300. The average molecular weight is 487 g/mol. The quantitative estimate of drug-likeness (QED) is 0.136. The van der Waals surface area contributed by atoms with Gasteiger partial charge >= 0.3 is 0 Å². The van der Waals surface area contributed by atoms with E-state index in [4.69, 9.17) is 0 Å². The molecule has 0 radical (unpaired) electrons. The molecule has 0 aliphatic carbocycles. The van der Waals surface area contributed by atoms with E-state index in [0.717, 1.165) is 16.7 Å². The van der Waals surface area contributed by atoms with Crippen molar-refractivity contribution in [3.63, 3.8) is 0 Å². The molecule has 0 nitrogen and oxygen atoms in total. The summed E-state index contributed by atoms with van der Waals surface area (Å²) in [5, 5.41) is 0. The smallest absolute Gasteiger partial charge is 0.200 e. The van der Waals surface area contributed by atoms with Crippen molar-refractivity contribution in [1.82, 2.24) is 0 Å². The third-order valence-electron chi connectivity index (χ3n) is 6.69. The van der Waals surface area contributed by atoms with Crippen LogP contribution in [0.5, 0.6) is 0 Å². The van der Waals surface area contributed by atoms with Gasteiger partial charge in [-0.05, 0) is 16.7 Å². The largest absolute Gasteiger partial charge is 0.207 e. The topological polar surface area (TPSA) is 0 Å². The number of hydrogen-bond acceptors (Lipinski definition) is 0. The van der Waals surface area contributed by atoms with Gasteiger partial charge in [0.1, 0.15) is 17.8 Å². The van der Waals surface area contributed by atoms with E-state index in [-0.39, 0.29) is 0 Å². The minimum Gasteiger partial charge on any atom is -0.207 e. The molecule has 0 atom stereocenters. The summed E-state index contributed by atoms with van der Waals surface area (Å²) in [4.78, 5) is 0. The fourth-order valence-electron chi connectivity index (χ4n) is 4.84. The van der Waals surface area contributed by atoms with Crippen LogP contribution < -0.4 is 21.9 Å².